The molecule has 0 saturated carbocycles. The van der Waals surface area contributed by atoms with Crippen molar-refractivity contribution >= 4 is 23.4 Å². The second-order valence-electron chi connectivity index (χ2n) is 4.87. The van der Waals surface area contributed by atoms with Crippen LogP contribution >= 0.6 is 11.8 Å². The van der Waals surface area contributed by atoms with Crippen molar-refractivity contribution in [3.63, 3.8) is 0 Å². The fourth-order valence-electron chi connectivity index (χ4n) is 1.99. The van der Waals surface area contributed by atoms with E-state index in [1.807, 2.05) is 26.0 Å². The lowest BCUT2D eigenvalue weighted by atomic mass is 10.3. The van der Waals surface area contributed by atoms with E-state index in [0.717, 1.165) is 11.3 Å². The number of carbonyl (C=O) groups is 1. The standard InChI is InChI=1S/C15H18N2O3S/c1-10-5-4-6-17-13(18)8-12(16-15(10)17)9-21-11(2)7-14(19)20-3/h4-6,8,11H,7,9H2,1-3H3. The van der Waals surface area contributed by atoms with Crippen molar-refractivity contribution in [3.8, 4) is 0 Å². The van der Waals surface area contributed by atoms with Crippen LogP contribution in [0.15, 0.2) is 29.2 Å². The SMILES string of the molecule is COC(=O)CC(C)SCc1cc(=O)n2cccc(C)c2n1. The maximum absolute atomic E-state index is 12.1. The summed E-state index contributed by atoms with van der Waals surface area (Å²) in [6, 6.07) is 5.31. The molecular weight excluding hydrogens is 288 g/mol. The van der Waals surface area contributed by atoms with Crippen LogP contribution in [-0.4, -0.2) is 27.7 Å². The first-order chi connectivity index (χ1) is 10.0. The van der Waals surface area contributed by atoms with E-state index in [9.17, 15) is 9.59 Å². The molecule has 0 aliphatic carbocycles. The summed E-state index contributed by atoms with van der Waals surface area (Å²) in [4.78, 5) is 27.8. The van der Waals surface area contributed by atoms with Crippen molar-refractivity contribution < 1.29 is 9.53 Å². The summed E-state index contributed by atoms with van der Waals surface area (Å²) in [5.74, 6) is 0.371. The maximum atomic E-state index is 12.1. The van der Waals surface area contributed by atoms with Gasteiger partial charge in [-0.15, -0.1) is 0 Å². The van der Waals surface area contributed by atoms with E-state index < -0.39 is 0 Å². The van der Waals surface area contributed by atoms with Crippen LogP contribution < -0.4 is 5.56 Å². The number of ether oxygens (including phenoxy) is 1. The van der Waals surface area contributed by atoms with Crippen molar-refractivity contribution in [1.29, 1.82) is 0 Å². The molecule has 2 aromatic heterocycles. The van der Waals surface area contributed by atoms with Crippen LogP contribution in [0.25, 0.3) is 5.65 Å². The monoisotopic (exact) mass is 306 g/mol. The van der Waals surface area contributed by atoms with Crippen molar-refractivity contribution in [3.05, 3.63) is 46.0 Å². The van der Waals surface area contributed by atoms with Crippen LogP contribution in [0.1, 0.15) is 24.6 Å². The van der Waals surface area contributed by atoms with Gasteiger partial charge in [0.2, 0.25) is 0 Å². The Morgan fingerprint density at radius 2 is 2.29 bits per heavy atom. The minimum absolute atomic E-state index is 0.0834. The van der Waals surface area contributed by atoms with Crippen LogP contribution in [0.3, 0.4) is 0 Å². The summed E-state index contributed by atoms with van der Waals surface area (Å²) in [7, 11) is 1.38. The molecule has 0 aromatic carbocycles. The zero-order valence-corrected chi connectivity index (χ0v) is 13.1. The lowest BCUT2D eigenvalue weighted by molar-refractivity contribution is -0.140. The Bertz CT molecular complexity index is 712. The molecule has 1 unspecified atom stereocenters. The van der Waals surface area contributed by atoms with Gasteiger partial charge in [0.1, 0.15) is 5.65 Å². The fourth-order valence-corrected chi connectivity index (χ4v) is 2.84. The number of rotatable bonds is 5. The highest BCUT2D eigenvalue weighted by Gasteiger charge is 2.11. The van der Waals surface area contributed by atoms with Gasteiger partial charge in [-0.1, -0.05) is 13.0 Å². The van der Waals surface area contributed by atoms with Gasteiger partial charge in [0.05, 0.1) is 19.2 Å². The van der Waals surface area contributed by atoms with E-state index in [4.69, 9.17) is 0 Å². The van der Waals surface area contributed by atoms with Gasteiger partial charge in [0.15, 0.2) is 0 Å². The highest BCUT2D eigenvalue weighted by atomic mass is 32.2. The highest BCUT2D eigenvalue weighted by Crippen LogP contribution is 2.19. The lowest BCUT2D eigenvalue weighted by Gasteiger charge is -2.10. The quantitative estimate of drug-likeness (QED) is 0.792. The second kappa shape index (κ2) is 6.76. The molecule has 2 aromatic rings. The Labute approximate surface area is 127 Å². The summed E-state index contributed by atoms with van der Waals surface area (Å²) < 4.78 is 6.19. The number of methoxy groups -OCH3 is 1. The number of carbonyl (C=O) groups excluding carboxylic acids is 1. The average molecular weight is 306 g/mol. The topological polar surface area (TPSA) is 60.7 Å². The summed E-state index contributed by atoms with van der Waals surface area (Å²) in [5.41, 5.74) is 2.29. The Morgan fingerprint density at radius 3 is 3.00 bits per heavy atom. The van der Waals surface area contributed by atoms with Gasteiger partial charge in [-0.25, -0.2) is 4.98 Å². The Hall–Kier alpha value is -1.82. The predicted octanol–water partition coefficient (Wildman–Crippen LogP) is 2.19. The molecule has 0 saturated heterocycles. The van der Waals surface area contributed by atoms with Crippen LogP contribution in [0.4, 0.5) is 0 Å². The molecule has 5 nitrogen and oxygen atoms in total. The summed E-state index contributed by atoms with van der Waals surface area (Å²) in [6.07, 6.45) is 2.07. The number of aryl methyl sites for hydroxylation is 1. The molecule has 6 heteroatoms. The number of hydrogen-bond acceptors (Lipinski definition) is 5. The first-order valence-corrected chi connectivity index (χ1v) is 7.72. The molecule has 0 N–H and O–H groups in total. The molecule has 21 heavy (non-hydrogen) atoms. The van der Waals surface area contributed by atoms with Crippen LogP contribution in [0.5, 0.6) is 0 Å². The number of hydrogen-bond donors (Lipinski definition) is 0. The minimum atomic E-state index is -0.225. The Morgan fingerprint density at radius 1 is 1.52 bits per heavy atom. The van der Waals surface area contributed by atoms with Gasteiger partial charge in [-0.2, -0.15) is 11.8 Å². The van der Waals surface area contributed by atoms with Crippen LogP contribution in [0, 0.1) is 6.92 Å². The number of fused-ring (bicyclic) bond motifs is 1. The molecule has 0 bridgehead atoms. The van der Waals surface area contributed by atoms with Gasteiger partial charge in [-0.3, -0.25) is 14.0 Å². The molecule has 0 radical (unpaired) electrons. The van der Waals surface area contributed by atoms with Crippen LogP contribution in [-0.2, 0) is 15.3 Å². The third-order valence-electron chi connectivity index (χ3n) is 3.14. The van der Waals surface area contributed by atoms with E-state index in [2.05, 4.69) is 9.72 Å². The van der Waals surface area contributed by atoms with Crippen LogP contribution in [0.2, 0.25) is 0 Å². The second-order valence-corrected chi connectivity index (χ2v) is 6.30. The number of thioether (sulfide) groups is 1. The highest BCUT2D eigenvalue weighted by molar-refractivity contribution is 7.99. The van der Waals surface area contributed by atoms with E-state index in [0.29, 0.717) is 17.8 Å². The van der Waals surface area contributed by atoms with E-state index in [1.165, 1.54) is 7.11 Å². The zero-order valence-electron chi connectivity index (χ0n) is 12.3. The molecule has 2 rings (SSSR count). The molecule has 0 aliphatic heterocycles. The van der Waals surface area contributed by atoms with Crippen molar-refractivity contribution in [1.82, 2.24) is 9.38 Å². The lowest BCUT2D eigenvalue weighted by Crippen LogP contribution is -2.16. The summed E-state index contributed by atoms with van der Waals surface area (Å²) >= 11 is 1.58. The maximum Gasteiger partial charge on any atom is 0.306 e. The largest absolute Gasteiger partial charge is 0.469 e. The molecular formula is C15H18N2O3S. The first-order valence-electron chi connectivity index (χ1n) is 6.67. The molecule has 0 spiro atoms. The molecule has 2 heterocycles. The fraction of sp³-hybridized carbons (Fsp3) is 0.400. The van der Waals surface area contributed by atoms with Gasteiger partial charge in [-0.05, 0) is 18.6 Å². The number of pyridine rings is 1. The third-order valence-corrected chi connectivity index (χ3v) is 4.33. The Kier molecular flexibility index (Phi) is 5.01. The zero-order chi connectivity index (χ0) is 15.4. The minimum Gasteiger partial charge on any atom is -0.469 e. The number of esters is 1. The molecule has 112 valence electrons. The van der Waals surface area contributed by atoms with E-state index in [-0.39, 0.29) is 16.8 Å². The smallest absolute Gasteiger partial charge is 0.306 e. The molecule has 0 aliphatic rings. The predicted molar refractivity (Wildman–Crippen MR) is 83.6 cm³/mol. The van der Waals surface area contributed by atoms with Gasteiger partial charge >= 0.3 is 5.97 Å². The number of aromatic nitrogens is 2. The van der Waals surface area contributed by atoms with Gasteiger partial charge < -0.3 is 4.74 Å². The summed E-state index contributed by atoms with van der Waals surface area (Å²) in [6.45, 7) is 3.89. The third kappa shape index (κ3) is 3.85. The van der Waals surface area contributed by atoms with Gasteiger partial charge in [0.25, 0.3) is 5.56 Å². The Balaban J connectivity index is 2.14. The molecule has 1 atom stereocenters. The van der Waals surface area contributed by atoms with E-state index >= 15 is 0 Å². The molecule has 0 fully saturated rings. The summed E-state index contributed by atoms with van der Waals surface area (Å²) in [5, 5.41) is 0.120. The molecule has 0 amide bonds. The van der Waals surface area contributed by atoms with Crippen molar-refractivity contribution in [2.45, 2.75) is 31.3 Å². The average Bonchev–Trinajstić information content (AvgIpc) is 2.46. The first kappa shape index (κ1) is 15.6. The normalized spacial score (nSPS) is 12.3. The van der Waals surface area contributed by atoms with Crippen molar-refractivity contribution in [2.75, 3.05) is 7.11 Å². The van der Waals surface area contributed by atoms with Crippen molar-refractivity contribution in [2.24, 2.45) is 0 Å². The number of nitrogens with zero attached hydrogens (tertiary/aromatic N) is 2. The van der Waals surface area contributed by atoms with E-state index in [1.54, 1.807) is 28.4 Å². The van der Waals surface area contributed by atoms with Gasteiger partial charge in [0, 0.05) is 23.3 Å².